The highest BCUT2D eigenvalue weighted by Gasteiger charge is 2.16. The van der Waals surface area contributed by atoms with Gasteiger partial charge in [-0.2, -0.15) is 5.10 Å². The van der Waals surface area contributed by atoms with E-state index in [-0.39, 0.29) is 31.0 Å². The monoisotopic (exact) mass is 392 g/mol. The molecule has 2 N–H and O–H groups in total. The Balaban J connectivity index is 1.48. The Bertz CT molecular complexity index is 955. The van der Waals surface area contributed by atoms with Crippen LogP contribution in [0.25, 0.3) is 5.69 Å². The number of ether oxygens (including phenoxy) is 1. The second kappa shape index (κ2) is 9.54. The molecule has 0 aliphatic carbocycles. The molecule has 0 radical (unpaired) electrons. The quantitative estimate of drug-likeness (QED) is 0.617. The molecular formula is C22H24N4O3. The minimum atomic E-state index is -0.357. The van der Waals surface area contributed by atoms with E-state index in [2.05, 4.69) is 15.7 Å². The SMILES string of the molecule is Cc1c(C(C)NC(=O)CNC(=O)COc2ccccc2)cnn1-c1ccccc1. The summed E-state index contributed by atoms with van der Waals surface area (Å²) in [4.78, 5) is 24.1. The maximum absolute atomic E-state index is 12.2. The Morgan fingerprint density at radius 2 is 1.69 bits per heavy atom. The van der Waals surface area contributed by atoms with Gasteiger partial charge in [-0.1, -0.05) is 36.4 Å². The zero-order valence-electron chi connectivity index (χ0n) is 16.5. The van der Waals surface area contributed by atoms with Gasteiger partial charge in [0, 0.05) is 11.3 Å². The lowest BCUT2D eigenvalue weighted by Crippen LogP contribution is -2.39. The van der Waals surface area contributed by atoms with E-state index in [1.807, 2.05) is 67.1 Å². The molecule has 2 aromatic carbocycles. The molecule has 3 rings (SSSR count). The Morgan fingerprint density at radius 1 is 1.03 bits per heavy atom. The molecule has 0 aliphatic rings. The van der Waals surface area contributed by atoms with Crippen molar-refractivity contribution in [3.05, 3.63) is 78.1 Å². The average molecular weight is 392 g/mol. The fraction of sp³-hybridized carbons (Fsp3) is 0.227. The molecule has 0 saturated carbocycles. The number of para-hydroxylation sites is 2. The molecule has 0 saturated heterocycles. The van der Waals surface area contributed by atoms with Crippen molar-refractivity contribution in [1.82, 2.24) is 20.4 Å². The predicted molar refractivity (Wildman–Crippen MR) is 110 cm³/mol. The predicted octanol–water partition coefficient (Wildman–Crippen LogP) is 2.55. The summed E-state index contributed by atoms with van der Waals surface area (Å²) in [6.45, 7) is 3.58. The second-order valence-electron chi connectivity index (χ2n) is 6.60. The van der Waals surface area contributed by atoms with Gasteiger partial charge in [0.15, 0.2) is 6.61 Å². The van der Waals surface area contributed by atoms with Crippen LogP contribution in [0.4, 0.5) is 0 Å². The van der Waals surface area contributed by atoms with Crippen molar-refractivity contribution in [2.75, 3.05) is 13.2 Å². The maximum Gasteiger partial charge on any atom is 0.258 e. The van der Waals surface area contributed by atoms with Gasteiger partial charge in [-0.25, -0.2) is 4.68 Å². The lowest BCUT2D eigenvalue weighted by atomic mass is 10.1. The molecule has 0 aliphatic heterocycles. The number of nitrogens with one attached hydrogen (secondary N) is 2. The minimum Gasteiger partial charge on any atom is -0.484 e. The van der Waals surface area contributed by atoms with Crippen LogP contribution in [0, 0.1) is 6.92 Å². The van der Waals surface area contributed by atoms with E-state index in [0.29, 0.717) is 5.75 Å². The van der Waals surface area contributed by atoms with Gasteiger partial charge >= 0.3 is 0 Å². The molecule has 7 nitrogen and oxygen atoms in total. The van der Waals surface area contributed by atoms with Crippen LogP contribution >= 0.6 is 0 Å². The van der Waals surface area contributed by atoms with Gasteiger partial charge in [-0.3, -0.25) is 9.59 Å². The number of aromatic nitrogens is 2. The molecule has 7 heteroatoms. The summed E-state index contributed by atoms with van der Waals surface area (Å²) < 4.78 is 7.19. The fourth-order valence-corrected chi connectivity index (χ4v) is 2.94. The Morgan fingerprint density at radius 3 is 2.38 bits per heavy atom. The minimum absolute atomic E-state index is 0.118. The van der Waals surface area contributed by atoms with E-state index in [1.165, 1.54) is 0 Å². The van der Waals surface area contributed by atoms with Gasteiger partial charge in [0.25, 0.3) is 5.91 Å². The molecule has 1 heterocycles. The number of benzene rings is 2. The number of nitrogens with zero attached hydrogens (tertiary/aromatic N) is 2. The van der Waals surface area contributed by atoms with Gasteiger partial charge in [0.05, 0.1) is 24.5 Å². The van der Waals surface area contributed by atoms with Crippen molar-refractivity contribution in [2.45, 2.75) is 19.9 Å². The Labute approximate surface area is 169 Å². The second-order valence-corrected chi connectivity index (χ2v) is 6.60. The molecule has 1 atom stereocenters. The number of carbonyl (C=O) groups excluding carboxylic acids is 2. The number of carbonyl (C=O) groups is 2. The van der Waals surface area contributed by atoms with E-state index >= 15 is 0 Å². The highest BCUT2D eigenvalue weighted by atomic mass is 16.5. The third kappa shape index (κ3) is 5.44. The smallest absolute Gasteiger partial charge is 0.258 e. The first-order valence-corrected chi connectivity index (χ1v) is 9.38. The molecule has 0 fully saturated rings. The summed E-state index contributed by atoms with van der Waals surface area (Å²) in [6.07, 6.45) is 1.75. The number of rotatable bonds is 8. The van der Waals surface area contributed by atoms with Gasteiger partial charge in [0.2, 0.25) is 5.91 Å². The lowest BCUT2D eigenvalue weighted by molar-refractivity contribution is -0.127. The van der Waals surface area contributed by atoms with Crippen molar-refractivity contribution in [1.29, 1.82) is 0 Å². The Kier molecular flexibility index (Phi) is 6.63. The molecule has 1 unspecified atom stereocenters. The zero-order chi connectivity index (χ0) is 20.6. The molecule has 1 aromatic heterocycles. The van der Waals surface area contributed by atoms with Crippen LogP contribution in [0.1, 0.15) is 24.2 Å². The first kappa shape index (κ1) is 20.1. The molecule has 3 aromatic rings. The summed E-state index contributed by atoms with van der Waals surface area (Å²) in [5, 5.41) is 9.86. The van der Waals surface area contributed by atoms with Crippen LogP contribution in [-0.2, 0) is 9.59 Å². The summed E-state index contributed by atoms with van der Waals surface area (Å²) in [7, 11) is 0. The summed E-state index contributed by atoms with van der Waals surface area (Å²) >= 11 is 0. The Hall–Kier alpha value is -3.61. The third-order valence-electron chi connectivity index (χ3n) is 4.45. The molecular weight excluding hydrogens is 368 g/mol. The van der Waals surface area contributed by atoms with E-state index in [0.717, 1.165) is 16.9 Å². The lowest BCUT2D eigenvalue weighted by Gasteiger charge is -2.15. The molecule has 0 spiro atoms. The van der Waals surface area contributed by atoms with Crippen LogP contribution in [-0.4, -0.2) is 34.7 Å². The van der Waals surface area contributed by atoms with Gasteiger partial charge in [0.1, 0.15) is 5.75 Å². The van der Waals surface area contributed by atoms with Gasteiger partial charge in [-0.15, -0.1) is 0 Å². The van der Waals surface area contributed by atoms with Crippen LogP contribution in [0.5, 0.6) is 5.75 Å². The summed E-state index contributed by atoms with van der Waals surface area (Å²) in [5.41, 5.74) is 2.82. The van der Waals surface area contributed by atoms with Crippen molar-refractivity contribution >= 4 is 11.8 Å². The van der Waals surface area contributed by atoms with Crippen molar-refractivity contribution < 1.29 is 14.3 Å². The van der Waals surface area contributed by atoms with Crippen molar-refractivity contribution in [2.24, 2.45) is 0 Å². The molecule has 2 amide bonds. The van der Waals surface area contributed by atoms with Gasteiger partial charge in [-0.05, 0) is 38.1 Å². The van der Waals surface area contributed by atoms with E-state index < -0.39 is 0 Å². The average Bonchev–Trinajstić information content (AvgIpc) is 3.13. The van der Waals surface area contributed by atoms with E-state index in [4.69, 9.17) is 4.74 Å². The highest BCUT2D eigenvalue weighted by Crippen LogP contribution is 2.19. The number of amides is 2. The zero-order valence-corrected chi connectivity index (χ0v) is 16.5. The number of hydrogen-bond acceptors (Lipinski definition) is 4. The van der Waals surface area contributed by atoms with E-state index in [1.54, 1.807) is 18.3 Å². The first-order chi connectivity index (χ1) is 14.0. The molecule has 150 valence electrons. The van der Waals surface area contributed by atoms with Crippen LogP contribution < -0.4 is 15.4 Å². The number of hydrogen-bond donors (Lipinski definition) is 2. The topological polar surface area (TPSA) is 85.2 Å². The molecule has 29 heavy (non-hydrogen) atoms. The maximum atomic E-state index is 12.2. The van der Waals surface area contributed by atoms with E-state index in [9.17, 15) is 9.59 Å². The van der Waals surface area contributed by atoms with Crippen LogP contribution in [0.3, 0.4) is 0 Å². The third-order valence-corrected chi connectivity index (χ3v) is 4.45. The summed E-state index contributed by atoms with van der Waals surface area (Å²) in [6, 6.07) is 18.6. The first-order valence-electron chi connectivity index (χ1n) is 9.38. The van der Waals surface area contributed by atoms with Crippen molar-refractivity contribution in [3.63, 3.8) is 0 Å². The highest BCUT2D eigenvalue weighted by molar-refractivity contribution is 5.85. The standard InChI is InChI=1S/C22H24N4O3/c1-16(20-13-24-26(17(20)2)18-9-5-3-6-10-18)25-21(27)14-23-22(28)15-29-19-11-7-4-8-12-19/h3-13,16H,14-15H2,1-2H3,(H,23,28)(H,25,27). The van der Waals surface area contributed by atoms with Crippen LogP contribution in [0.2, 0.25) is 0 Å². The normalized spacial score (nSPS) is 11.5. The van der Waals surface area contributed by atoms with Crippen molar-refractivity contribution in [3.8, 4) is 11.4 Å². The van der Waals surface area contributed by atoms with Crippen LogP contribution in [0.15, 0.2) is 66.9 Å². The largest absolute Gasteiger partial charge is 0.484 e. The van der Waals surface area contributed by atoms with Gasteiger partial charge < -0.3 is 15.4 Å². The fourth-order valence-electron chi connectivity index (χ4n) is 2.94. The summed E-state index contributed by atoms with van der Waals surface area (Å²) in [5.74, 6) is -0.0335. The molecule has 0 bridgehead atoms.